The largest absolute Gasteiger partial charge is 0.484 e. The van der Waals surface area contributed by atoms with Gasteiger partial charge >= 0.3 is 0 Å². The monoisotopic (exact) mass is 525 g/mol. The van der Waals surface area contributed by atoms with Crippen LogP contribution < -0.4 is 20.3 Å². The third kappa shape index (κ3) is 5.85. The number of anilines is 2. The van der Waals surface area contributed by atoms with Gasteiger partial charge in [-0.05, 0) is 67.1 Å². The summed E-state index contributed by atoms with van der Waals surface area (Å²) in [7, 11) is 0. The van der Waals surface area contributed by atoms with E-state index in [0.29, 0.717) is 29.4 Å². The molecule has 34 heavy (non-hydrogen) atoms. The maximum atomic E-state index is 12.5. The predicted octanol–water partition coefficient (Wildman–Crippen LogP) is 4.04. The highest BCUT2D eigenvalue weighted by Gasteiger charge is 2.35. The molecule has 1 fully saturated rings. The van der Waals surface area contributed by atoms with Crippen molar-refractivity contribution in [2.75, 3.05) is 23.4 Å². The zero-order valence-corrected chi connectivity index (χ0v) is 20.1. The number of aryl methyl sites for hydroxylation is 1. The Labute approximate surface area is 205 Å². The van der Waals surface area contributed by atoms with Gasteiger partial charge in [0, 0.05) is 28.8 Å². The van der Waals surface area contributed by atoms with Gasteiger partial charge in [-0.2, -0.15) is 0 Å². The number of benzene rings is 2. The molecule has 0 aliphatic carbocycles. The van der Waals surface area contributed by atoms with E-state index in [2.05, 4.69) is 26.6 Å². The van der Waals surface area contributed by atoms with Crippen LogP contribution in [0.5, 0.6) is 5.75 Å². The Morgan fingerprint density at radius 1 is 1.18 bits per heavy atom. The van der Waals surface area contributed by atoms with Crippen LogP contribution in [0.4, 0.5) is 11.4 Å². The number of hydrogen-bond acceptors (Lipinski definition) is 5. The van der Waals surface area contributed by atoms with Crippen molar-refractivity contribution in [2.45, 2.75) is 19.9 Å². The van der Waals surface area contributed by atoms with Gasteiger partial charge in [-0.15, -0.1) is 0 Å². The van der Waals surface area contributed by atoms with Gasteiger partial charge in [0.15, 0.2) is 6.61 Å². The molecular formula is C25H24BrN3O5. The molecule has 1 aliphatic heterocycles. The molecular weight excluding hydrogens is 502 g/mol. The van der Waals surface area contributed by atoms with Crippen LogP contribution in [0.15, 0.2) is 69.8 Å². The Kier molecular flexibility index (Phi) is 7.32. The van der Waals surface area contributed by atoms with Crippen LogP contribution in [0, 0.1) is 12.8 Å². The molecule has 0 saturated carbocycles. The lowest BCUT2D eigenvalue weighted by Gasteiger charge is -2.17. The van der Waals surface area contributed by atoms with E-state index in [1.165, 1.54) is 0 Å². The van der Waals surface area contributed by atoms with Crippen LogP contribution >= 0.6 is 15.9 Å². The fourth-order valence-electron chi connectivity index (χ4n) is 3.66. The van der Waals surface area contributed by atoms with Gasteiger partial charge in [-0.25, -0.2) is 0 Å². The fourth-order valence-corrected chi connectivity index (χ4v) is 3.90. The minimum Gasteiger partial charge on any atom is -0.484 e. The lowest BCUT2D eigenvalue weighted by molar-refractivity contribution is -0.126. The predicted molar refractivity (Wildman–Crippen MR) is 130 cm³/mol. The quantitative estimate of drug-likeness (QED) is 0.462. The molecule has 2 aromatic carbocycles. The van der Waals surface area contributed by atoms with Crippen LogP contribution in [0.1, 0.15) is 17.7 Å². The fraction of sp³-hybridized carbons (Fsp3) is 0.240. The Balaban J connectivity index is 1.27. The van der Waals surface area contributed by atoms with E-state index in [-0.39, 0.29) is 37.3 Å². The number of ether oxygens (including phenoxy) is 1. The molecule has 0 unspecified atom stereocenters. The normalized spacial score (nSPS) is 15.3. The number of furan rings is 1. The zero-order chi connectivity index (χ0) is 24.1. The van der Waals surface area contributed by atoms with Gasteiger partial charge in [0.05, 0.1) is 18.7 Å². The Morgan fingerprint density at radius 3 is 2.68 bits per heavy atom. The number of carbonyl (C=O) groups excluding carboxylic acids is 3. The minimum absolute atomic E-state index is 0.115. The molecule has 4 rings (SSSR count). The second-order valence-electron chi connectivity index (χ2n) is 8.00. The van der Waals surface area contributed by atoms with Crippen molar-refractivity contribution in [1.29, 1.82) is 0 Å². The second kappa shape index (κ2) is 10.6. The van der Waals surface area contributed by atoms with E-state index in [0.717, 1.165) is 10.0 Å². The molecule has 1 aromatic heterocycles. The second-order valence-corrected chi connectivity index (χ2v) is 8.85. The molecule has 176 valence electrons. The molecule has 0 radical (unpaired) electrons. The van der Waals surface area contributed by atoms with Gasteiger partial charge in [0.25, 0.3) is 5.91 Å². The van der Waals surface area contributed by atoms with Crippen LogP contribution in [0.25, 0.3) is 0 Å². The first kappa shape index (κ1) is 23.6. The summed E-state index contributed by atoms with van der Waals surface area (Å²) in [5.41, 5.74) is 2.39. The summed E-state index contributed by atoms with van der Waals surface area (Å²) in [4.78, 5) is 38.7. The minimum atomic E-state index is -0.427. The third-order valence-electron chi connectivity index (χ3n) is 5.47. The molecule has 1 saturated heterocycles. The number of halogens is 1. The maximum Gasteiger partial charge on any atom is 0.262 e. The molecule has 2 N–H and O–H groups in total. The van der Waals surface area contributed by atoms with Crippen molar-refractivity contribution in [3.05, 3.63) is 76.7 Å². The van der Waals surface area contributed by atoms with Gasteiger partial charge in [0.2, 0.25) is 11.8 Å². The Bertz CT molecular complexity index is 1180. The molecule has 0 spiro atoms. The van der Waals surface area contributed by atoms with Gasteiger partial charge in [-0.1, -0.05) is 15.9 Å². The molecule has 1 aliphatic rings. The third-order valence-corrected chi connectivity index (χ3v) is 6.36. The van der Waals surface area contributed by atoms with E-state index in [4.69, 9.17) is 9.15 Å². The summed E-state index contributed by atoms with van der Waals surface area (Å²) in [6.07, 6.45) is 1.70. The number of nitrogens with zero attached hydrogens (tertiary/aromatic N) is 1. The number of rotatable bonds is 8. The van der Waals surface area contributed by atoms with Crippen LogP contribution in [-0.4, -0.2) is 30.9 Å². The first-order valence-corrected chi connectivity index (χ1v) is 11.6. The smallest absolute Gasteiger partial charge is 0.262 e. The summed E-state index contributed by atoms with van der Waals surface area (Å²) in [6.45, 7) is 2.39. The standard InChI is InChI=1S/C25H24BrN3O5/c1-16-11-18(4-9-22(16)26)28-23(30)15-34-20-7-5-19(6-8-20)29-14-17(12-24(29)31)25(32)27-13-21-3-2-10-33-21/h2-11,17H,12-15H2,1H3,(H,27,32)(H,28,30)/t17-/m0/s1. The van der Waals surface area contributed by atoms with E-state index in [9.17, 15) is 14.4 Å². The van der Waals surface area contributed by atoms with E-state index in [1.54, 1.807) is 53.6 Å². The zero-order valence-electron chi connectivity index (χ0n) is 18.5. The Hall–Kier alpha value is -3.59. The van der Waals surface area contributed by atoms with E-state index < -0.39 is 5.92 Å². The average Bonchev–Trinajstić information content (AvgIpc) is 3.49. The molecule has 3 aromatic rings. The van der Waals surface area contributed by atoms with E-state index >= 15 is 0 Å². The van der Waals surface area contributed by atoms with Crippen molar-refractivity contribution in [3.63, 3.8) is 0 Å². The lowest BCUT2D eigenvalue weighted by Crippen LogP contribution is -2.32. The number of amides is 3. The summed E-state index contributed by atoms with van der Waals surface area (Å²) in [5.74, 6) is 0.166. The van der Waals surface area contributed by atoms with Gasteiger partial charge < -0.3 is 24.7 Å². The number of hydrogen-bond donors (Lipinski definition) is 2. The lowest BCUT2D eigenvalue weighted by atomic mass is 10.1. The van der Waals surface area contributed by atoms with Crippen LogP contribution in [-0.2, 0) is 20.9 Å². The topological polar surface area (TPSA) is 101 Å². The summed E-state index contributed by atoms with van der Waals surface area (Å²) >= 11 is 3.43. The molecule has 1 atom stereocenters. The van der Waals surface area contributed by atoms with Crippen LogP contribution in [0.3, 0.4) is 0 Å². The Morgan fingerprint density at radius 2 is 1.97 bits per heavy atom. The van der Waals surface area contributed by atoms with Crippen molar-refractivity contribution < 1.29 is 23.5 Å². The molecule has 9 heteroatoms. The highest BCUT2D eigenvalue weighted by atomic mass is 79.9. The highest BCUT2D eigenvalue weighted by molar-refractivity contribution is 9.10. The van der Waals surface area contributed by atoms with Gasteiger partial charge in [-0.3, -0.25) is 14.4 Å². The summed E-state index contributed by atoms with van der Waals surface area (Å²) < 4.78 is 11.8. The molecule has 8 nitrogen and oxygen atoms in total. The highest BCUT2D eigenvalue weighted by Crippen LogP contribution is 2.27. The number of nitrogens with one attached hydrogen (secondary N) is 2. The first-order chi connectivity index (χ1) is 16.4. The maximum absolute atomic E-state index is 12.5. The van der Waals surface area contributed by atoms with Crippen LogP contribution in [0.2, 0.25) is 0 Å². The molecule has 3 amide bonds. The summed E-state index contributed by atoms with van der Waals surface area (Å²) in [6, 6.07) is 16.0. The van der Waals surface area contributed by atoms with Crippen molar-refractivity contribution in [3.8, 4) is 5.75 Å². The molecule has 2 heterocycles. The first-order valence-electron chi connectivity index (χ1n) is 10.8. The number of carbonyl (C=O) groups is 3. The van der Waals surface area contributed by atoms with Crippen molar-refractivity contribution >= 4 is 45.0 Å². The SMILES string of the molecule is Cc1cc(NC(=O)COc2ccc(N3C[C@@H](C(=O)NCc4ccco4)CC3=O)cc2)ccc1Br. The average molecular weight is 526 g/mol. The molecule has 0 bridgehead atoms. The summed E-state index contributed by atoms with van der Waals surface area (Å²) in [5, 5.41) is 5.60. The van der Waals surface area contributed by atoms with Crippen molar-refractivity contribution in [2.24, 2.45) is 5.92 Å². The van der Waals surface area contributed by atoms with Gasteiger partial charge in [0.1, 0.15) is 11.5 Å². The van der Waals surface area contributed by atoms with Crippen molar-refractivity contribution in [1.82, 2.24) is 5.32 Å². The van der Waals surface area contributed by atoms with E-state index in [1.807, 2.05) is 19.1 Å².